The lowest BCUT2D eigenvalue weighted by Crippen LogP contribution is -2.51. The van der Waals surface area contributed by atoms with Crippen molar-refractivity contribution in [3.8, 4) is 0 Å². The Morgan fingerprint density at radius 2 is 2.17 bits per heavy atom. The first-order valence-electron chi connectivity index (χ1n) is 5.86. The second-order valence-corrected chi connectivity index (χ2v) is 6.38. The average Bonchev–Trinajstić information content (AvgIpc) is 2.41. The number of hydrogen-bond acceptors (Lipinski definition) is 4. The van der Waals surface area contributed by atoms with E-state index in [4.69, 9.17) is 4.74 Å². The predicted molar refractivity (Wildman–Crippen MR) is 79.1 cm³/mol. The van der Waals surface area contributed by atoms with Crippen LogP contribution < -0.4 is 5.32 Å². The van der Waals surface area contributed by atoms with Gasteiger partial charge in [0.2, 0.25) is 0 Å². The summed E-state index contributed by atoms with van der Waals surface area (Å²) < 4.78 is 5.99. The summed E-state index contributed by atoms with van der Waals surface area (Å²) in [6, 6.07) is 7.86. The van der Waals surface area contributed by atoms with Crippen LogP contribution in [0.25, 0.3) is 0 Å². The molecule has 2 rings (SSSR count). The summed E-state index contributed by atoms with van der Waals surface area (Å²) in [5, 5.41) is 3.36. The van der Waals surface area contributed by atoms with Crippen molar-refractivity contribution in [2.45, 2.75) is 18.4 Å². The van der Waals surface area contributed by atoms with Gasteiger partial charge in [0, 0.05) is 15.9 Å². The third kappa shape index (κ3) is 3.01. The van der Waals surface area contributed by atoms with E-state index < -0.39 is 5.54 Å². The zero-order valence-corrected chi connectivity index (χ0v) is 12.6. The van der Waals surface area contributed by atoms with E-state index in [0.717, 1.165) is 34.5 Å². The molecule has 0 bridgehead atoms. The zero-order chi connectivity index (χ0) is 13.0. The number of carbonyl (C=O) groups is 1. The summed E-state index contributed by atoms with van der Waals surface area (Å²) in [5.41, 5.74) is 0.372. The Labute approximate surface area is 120 Å². The molecular formula is C13H16BrNO2S. The van der Waals surface area contributed by atoms with Gasteiger partial charge >= 0.3 is 5.97 Å². The van der Waals surface area contributed by atoms with Gasteiger partial charge in [-0.1, -0.05) is 15.9 Å². The first-order chi connectivity index (χ1) is 8.66. The molecule has 0 aromatic heterocycles. The molecule has 0 saturated carbocycles. The molecule has 1 saturated heterocycles. The highest BCUT2D eigenvalue weighted by atomic mass is 79.9. The number of nitrogens with one attached hydrogen (secondary N) is 1. The van der Waals surface area contributed by atoms with E-state index >= 15 is 0 Å². The SMILES string of the molecule is COC(=O)C1(Nc2ccc(Br)cc2)CCCSC1. The number of halogens is 1. The highest BCUT2D eigenvalue weighted by Gasteiger charge is 2.41. The van der Waals surface area contributed by atoms with Gasteiger partial charge in [0.15, 0.2) is 0 Å². The number of benzene rings is 1. The molecule has 18 heavy (non-hydrogen) atoms. The quantitative estimate of drug-likeness (QED) is 0.863. The average molecular weight is 330 g/mol. The first-order valence-corrected chi connectivity index (χ1v) is 7.81. The molecule has 0 aliphatic carbocycles. The predicted octanol–water partition coefficient (Wildman–Crippen LogP) is 3.30. The lowest BCUT2D eigenvalue weighted by molar-refractivity contribution is -0.145. The van der Waals surface area contributed by atoms with Crippen molar-refractivity contribution < 1.29 is 9.53 Å². The van der Waals surface area contributed by atoms with Gasteiger partial charge in [-0.05, 0) is 42.9 Å². The van der Waals surface area contributed by atoms with Crippen molar-refractivity contribution in [3.05, 3.63) is 28.7 Å². The number of anilines is 1. The monoisotopic (exact) mass is 329 g/mol. The number of esters is 1. The van der Waals surface area contributed by atoms with Gasteiger partial charge in [-0.15, -0.1) is 0 Å². The van der Waals surface area contributed by atoms with Crippen LogP contribution in [0.4, 0.5) is 5.69 Å². The lowest BCUT2D eigenvalue weighted by atomic mass is 9.95. The highest BCUT2D eigenvalue weighted by molar-refractivity contribution is 9.10. The summed E-state index contributed by atoms with van der Waals surface area (Å²) in [6.45, 7) is 0. The summed E-state index contributed by atoms with van der Waals surface area (Å²) in [5.74, 6) is 1.70. The summed E-state index contributed by atoms with van der Waals surface area (Å²) in [4.78, 5) is 12.1. The third-order valence-corrected chi connectivity index (χ3v) is 4.85. The fraction of sp³-hybridized carbons (Fsp3) is 0.462. The van der Waals surface area contributed by atoms with Gasteiger partial charge in [-0.3, -0.25) is 0 Å². The fourth-order valence-electron chi connectivity index (χ4n) is 2.11. The number of rotatable bonds is 3. The van der Waals surface area contributed by atoms with Crippen LogP contribution in [-0.4, -0.2) is 30.1 Å². The van der Waals surface area contributed by atoms with E-state index in [-0.39, 0.29) is 5.97 Å². The molecule has 0 radical (unpaired) electrons. The van der Waals surface area contributed by atoms with Crippen molar-refractivity contribution in [2.75, 3.05) is 23.9 Å². The van der Waals surface area contributed by atoms with Gasteiger partial charge in [0.25, 0.3) is 0 Å². The molecular weight excluding hydrogens is 314 g/mol. The summed E-state index contributed by atoms with van der Waals surface area (Å²) in [6.07, 6.45) is 1.85. The molecule has 1 unspecified atom stereocenters. The Balaban J connectivity index is 2.19. The van der Waals surface area contributed by atoms with E-state index in [1.54, 1.807) is 11.8 Å². The van der Waals surface area contributed by atoms with E-state index in [9.17, 15) is 4.79 Å². The Hall–Kier alpha value is -0.680. The fourth-order valence-corrected chi connectivity index (χ4v) is 3.55. The topological polar surface area (TPSA) is 38.3 Å². The maximum atomic E-state index is 12.1. The van der Waals surface area contributed by atoms with Crippen LogP contribution >= 0.6 is 27.7 Å². The molecule has 5 heteroatoms. The molecule has 1 N–H and O–H groups in total. The van der Waals surface area contributed by atoms with Gasteiger partial charge in [-0.2, -0.15) is 11.8 Å². The maximum absolute atomic E-state index is 12.1. The lowest BCUT2D eigenvalue weighted by Gasteiger charge is -2.35. The number of carbonyl (C=O) groups excluding carboxylic acids is 1. The Kier molecular flexibility index (Phi) is 4.56. The van der Waals surface area contributed by atoms with Gasteiger partial charge in [-0.25, -0.2) is 4.79 Å². The van der Waals surface area contributed by atoms with Gasteiger partial charge < -0.3 is 10.1 Å². The molecule has 1 aromatic rings. The van der Waals surface area contributed by atoms with Crippen LogP contribution in [0.1, 0.15) is 12.8 Å². The van der Waals surface area contributed by atoms with Gasteiger partial charge in [0.1, 0.15) is 5.54 Å². The smallest absolute Gasteiger partial charge is 0.332 e. The Morgan fingerprint density at radius 3 is 2.72 bits per heavy atom. The highest BCUT2D eigenvalue weighted by Crippen LogP contribution is 2.31. The normalized spacial score (nSPS) is 23.4. The second-order valence-electron chi connectivity index (χ2n) is 4.36. The first kappa shape index (κ1) is 13.7. The molecule has 3 nitrogen and oxygen atoms in total. The van der Waals surface area contributed by atoms with Crippen LogP contribution in [-0.2, 0) is 9.53 Å². The zero-order valence-electron chi connectivity index (χ0n) is 10.2. The molecule has 1 aliphatic heterocycles. The van der Waals surface area contributed by atoms with Crippen molar-refractivity contribution in [1.29, 1.82) is 0 Å². The summed E-state index contributed by atoms with van der Waals surface area (Å²) in [7, 11) is 1.45. The number of thioether (sulfide) groups is 1. The van der Waals surface area contributed by atoms with E-state index in [1.807, 2.05) is 24.3 Å². The minimum absolute atomic E-state index is 0.169. The van der Waals surface area contributed by atoms with Crippen molar-refractivity contribution in [1.82, 2.24) is 0 Å². The van der Waals surface area contributed by atoms with Crippen LogP contribution in [0.15, 0.2) is 28.7 Å². The van der Waals surface area contributed by atoms with E-state index in [2.05, 4.69) is 21.2 Å². The van der Waals surface area contributed by atoms with Crippen LogP contribution in [0.5, 0.6) is 0 Å². The minimum Gasteiger partial charge on any atom is -0.467 e. The second kappa shape index (κ2) is 5.97. The largest absolute Gasteiger partial charge is 0.467 e. The van der Waals surface area contributed by atoms with Crippen LogP contribution in [0, 0.1) is 0 Å². The van der Waals surface area contributed by atoms with Crippen molar-refractivity contribution >= 4 is 39.3 Å². The van der Waals surface area contributed by atoms with Gasteiger partial charge in [0.05, 0.1) is 7.11 Å². The maximum Gasteiger partial charge on any atom is 0.332 e. The number of hydrogen-bond donors (Lipinski definition) is 1. The van der Waals surface area contributed by atoms with Crippen molar-refractivity contribution in [3.63, 3.8) is 0 Å². The molecule has 0 spiro atoms. The Morgan fingerprint density at radius 1 is 1.44 bits per heavy atom. The molecule has 1 heterocycles. The van der Waals surface area contributed by atoms with Crippen LogP contribution in [0.2, 0.25) is 0 Å². The molecule has 1 aromatic carbocycles. The molecule has 1 fully saturated rings. The minimum atomic E-state index is -0.578. The van der Waals surface area contributed by atoms with Crippen molar-refractivity contribution in [2.24, 2.45) is 0 Å². The van der Waals surface area contributed by atoms with E-state index in [0.29, 0.717) is 0 Å². The molecule has 1 atom stereocenters. The summed E-state index contributed by atoms with van der Waals surface area (Å²) >= 11 is 5.20. The standard InChI is InChI=1S/C13H16BrNO2S/c1-17-12(16)13(7-2-8-18-9-13)15-11-5-3-10(14)4-6-11/h3-6,15H,2,7-9H2,1H3. The van der Waals surface area contributed by atoms with E-state index in [1.165, 1.54) is 7.11 Å². The molecule has 1 aliphatic rings. The number of ether oxygens (including phenoxy) is 1. The number of methoxy groups -OCH3 is 1. The third-order valence-electron chi connectivity index (χ3n) is 3.04. The molecule has 98 valence electrons. The van der Waals surface area contributed by atoms with Crippen LogP contribution in [0.3, 0.4) is 0 Å². The molecule has 0 amide bonds. The Bertz CT molecular complexity index is 416.